The average Bonchev–Trinajstić information content (AvgIpc) is 2.40. The van der Waals surface area contributed by atoms with E-state index in [0.29, 0.717) is 0 Å². The minimum atomic E-state index is 0. The van der Waals surface area contributed by atoms with Gasteiger partial charge in [0.1, 0.15) is 0 Å². The van der Waals surface area contributed by atoms with Crippen molar-refractivity contribution in [3.63, 3.8) is 0 Å². The summed E-state index contributed by atoms with van der Waals surface area (Å²) in [4.78, 5) is 2.34. The molecule has 0 amide bonds. The van der Waals surface area contributed by atoms with Gasteiger partial charge in [-0.2, -0.15) is 0 Å². The zero-order valence-electron chi connectivity index (χ0n) is 8.28. The van der Waals surface area contributed by atoms with Crippen molar-refractivity contribution in [2.24, 2.45) is 0 Å². The molecule has 0 bridgehead atoms. The number of likely N-dealkylation sites (tertiary alicyclic amines) is 1. The molecule has 0 saturated carbocycles. The molecular weight excluding hydrogens is 190 g/mol. The molecular formula is C9H18ClNO2. The molecule has 1 atom stereocenters. The van der Waals surface area contributed by atoms with Gasteiger partial charge in [0, 0.05) is 13.1 Å². The van der Waals surface area contributed by atoms with Gasteiger partial charge in [-0.1, -0.05) is 0 Å². The van der Waals surface area contributed by atoms with Crippen LogP contribution in [0.5, 0.6) is 0 Å². The van der Waals surface area contributed by atoms with E-state index in [1.165, 1.54) is 0 Å². The van der Waals surface area contributed by atoms with Crippen LogP contribution in [0.15, 0.2) is 0 Å². The van der Waals surface area contributed by atoms with Crippen LogP contribution in [0.1, 0.15) is 19.8 Å². The van der Waals surface area contributed by atoms with Crippen LogP contribution in [-0.4, -0.2) is 43.5 Å². The van der Waals surface area contributed by atoms with Gasteiger partial charge in [-0.3, -0.25) is 0 Å². The molecule has 0 aromatic heterocycles. The second kappa shape index (κ2) is 4.13. The number of hydrogen-bond acceptors (Lipinski definition) is 3. The van der Waals surface area contributed by atoms with E-state index < -0.39 is 0 Å². The summed E-state index contributed by atoms with van der Waals surface area (Å²) >= 11 is 0. The predicted molar refractivity (Wildman–Crippen MR) is 53.2 cm³/mol. The highest BCUT2D eigenvalue weighted by Gasteiger charge is 2.41. The smallest absolute Gasteiger partial charge is 0.155 e. The Hall–Kier alpha value is 0.170. The van der Waals surface area contributed by atoms with Crippen LogP contribution in [0, 0.1) is 0 Å². The van der Waals surface area contributed by atoms with Gasteiger partial charge in [0.25, 0.3) is 0 Å². The number of hydrogen-bond donors (Lipinski definition) is 0. The Morgan fingerprint density at radius 3 is 2.38 bits per heavy atom. The summed E-state index contributed by atoms with van der Waals surface area (Å²) in [5, 5.41) is 0. The van der Waals surface area contributed by atoms with Crippen molar-refractivity contribution in [1.82, 2.24) is 4.90 Å². The lowest BCUT2D eigenvalue weighted by atomic mass is 9.93. The van der Waals surface area contributed by atoms with Crippen molar-refractivity contribution in [3.8, 4) is 0 Å². The lowest BCUT2D eigenvalue weighted by Crippen LogP contribution is -2.44. The maximum atomic E-state index is 5.79. The second-order valence-corrected chi connectivity index (χ2v) is 3.98. The predicted octanol–water partition coefficient (Wildman–Crippen LogP) is 1.27. The van der Waals surface area contributed by atoms with E-state index in [2.05, 4.69) is 11.9 Å². The molecule has 0 aliphatic carbocycles. The second-order valence-electron chi connectivity index (χ2n) is 3.98. The molecule has 0 N–H and O–H groups in total. The molecule has 2 fully saturated rings. The van der Waals surface area contributed by atoms with Gasteiger partial charge < -0.3 is 14.4 Å². The van der Waals surface area contributed by atoms with E-state index in [-0.39, 0.29) is 24.3 Å². The molecule has 0 aromatic carbocycles. The molecule has 2 aliphatic rings. The lowest BCUT2D eigenvalue weighted by Gasteiger charge is -2.35. The molecule has 1 spiro atoms. The Bertz CT molecular complexity index is 169. The maximum absolute atomic E-state index is 5.79. The highest BCUT2D eigenvalue weighted by atomic mass is 35.5. The number of rotatable bonds is 0. The van der Waals surface area contributed by atoms with Crippen molar-refractivity contribution in [2.75, 3.05) is 26.7 Å². The van der Waals surface area contributed by atoms with Gasteiger partial charge in [0.2, 0.25) is 0 Å². The SMILES string of the molecule is CC1OCC2(CCN(C)CC2)O1.Cl. The number of nitrogens with zero attached hydrogens (tertiary/aromatic N) is 1. The maximum Gasteiger partial charge on any atom is 0.155 e. The molecule has 4 heteroatoms. The Morgan fingerprint density at radius 2 is 1.92 bits per heavy atom. The van der Waals surface area contributed by atoms with Gasteiger partial charge in [-0.25, -0.2) is 0 Å². The fourth-order valence-corrected chi connectivity index (χ4v) is 1.98. The molecule has 2 heterocycles. The summed E-state index contributed by atoms with van der Waals surface area (Å²) in [5.74, 6) is 0. The highest BCUT2D eigenvalue weighted by Crippen LogP contribution is 2.32. The third-order valence-corrected chi connectivity index (χ3v) is 2.90. The van der Waals surface area contributed by atoms with Crippen LogP contribution in [0.2, 0.25) is 0 Å². The minimum absolute atomic E-state index is 0. The Balaban J connectivity index is 0.000000845. The molecule has 2 rings (SSSR count). The molecule has 13 heavy (non-hydrogen) atoms. The van der Waals surface area contributed by atoms with Crippen molar-refractivity contribution >= 4 is 12.4 Å². The van der Waals surface area contributed by atoms with Crippen molar-refractivity contribution in [3.05, 3.63) is 0 Å². The third-order valence-electron chi connectivity index (χ3n) is 2.90. The fourth-order valence-electron chi connectivity index (χ4n) is 1.98. The fraction of sp³-hybridized carbons (Fsp3) is 1.00. The van der Waals surface area contributed by atoms with Gasteiger partial charge in [0.05, 0.1) is 12.2 Å². The van der Waals surface area contributed by atoms with E-state index in [1.807, 2.05) is 6.92 Å². The first-order valence-corrected chi connectivity index (χ1v) is 4.68. The highest BCUT2D eigenvalue weighted by molar-refractivity contribution is 5.85. The zero-order chi connectivity index (χ0) is 8.60. The van der Waals surface area contributed by atoms with Crippen molar-refractivity contribution in [2.45, 2.75) is 31.7 Å². The van der Waals surface area contributed by atoms with Gasteiger partial charge in [0.15, 0.2) is 6.29 Å². The number of halogens is 1. The normalized spacial score (nSPS) is 33.2. The molecule has 2 saturated heterocycles. The summed E-state index contributed by atoms with van der Waals surface area (Å²) in [6, 6.07) is 0. The summed E-state index contributed by atoms with van der Waals surface area (Å²) in [7, 11) is 2.16. The largest absolute Gasteiger partial charge is 0.350 e. The molecule has 1 unspecified atom stereocenters. The monoisotopic (exact) mass is 207 g/mol. The van der Waals surface area contributed by atoms with Crippen LogP contribution in [0.25, 0.3) is 0 Å². The van der Waals surface area contributed by atoms with E-state index >= 15 is 0 Å². The third kappa shape index (κ3) is 2.34. The molecule has 0 aromatic rings. The topological polar surface area (TPSA) is 21.7 Å². The van der Waals surface area contributed by atoms with Gasteiger partial charge in [-0.05, 0) is 26.8 Å². The van der Waals surface area contributed by atoms with Crippen molar-refractivity contribution in [1.29, 1.82) is 0 Å². The van der Waals surface area contributed by atoms with Crippen LogP contribution in [0.4, 0.5) is 0 Å². The molecule has 3 nitrogen and oxygen atoms in total. The minimum Gasteiger partial charge on any atom is -0.350 e. The summed E-state index contributed by atoms with van der Waals surface area (Å²) in [6.07, 6.45) is 2.25. The Morgan fingerprint density at radius 1 is 1.31 bits per heavy atom. The van der Waals surface area contributed by atoms with Gasteiger partial charge >= 0.3 is 0 Å². The first-order chi connectivity index (χ1) is 5.70. The van der Waals surface area contributed by atoms with Crippen molar-refractivity contribution < 1.29 is 9.47 Å². The lowest BCUT2D eigenvalue weighted by molar-refractivity contribution is -0.0940. The average molecular weight is 208 g/mol. The number of ether oxygens (including phenoxy) is 2. The van der Waals surface area contributed by atoms with Crippen LogP contribution in [0.3, 0.4) is 0 Å². The van der Waals surface area contributed by atoms with E-state index in [9.17, 15) is 0 Å². The first-order valence-electron chi connectivity index (χ1n) is 4.68. The summed E-state index contributed by atoms with van der Waals surface area (Å²) in [5.41, 5.74) is 0.0614. The first kappa shape index (κ1) is 11.2. The number of piperidine rings is 1. The summed E-state index contributed by atoms with van der Waals surface area (Å²) in [6.45, 7) is 5.04. The molecule has 2 aliphatic heterocycles. The standard InChI is InChI=1S/C9H17NO2.ClH/c1-8-11-7-9(12-8)3-5-10(2)6-4-9;/h8H,3-7H2,1-2H3;1H. The molecule has 78 valence electrons. The van der Waals surface area contributed by atoms with Crippen LogP contribution < -0.4 is 0 Å². The van der Waals surface area contributed by atoms with E-state index in [4.69, 9.17) is 9.47 Å². The Kier molecular flexibility index (Phi) is 3.57. The van der Waals surface area contributed by atoms with Crippen LogP contribution in [-0.2, 0) is 9.47 Å². The molecule has 0 radical (unpaired) electrons. The van der Waals surface area contributed by atoms with E-state index in [1.54, 1.807) is 0 Å². The Labute approximate surface area is 85.8 Å². The quantitative estimate of drug-likeness (QED) is 0.597. The zero-order valence-corrected chi connectivity index (χ0v) is 9.10. The van der Waals surface area contributed by atoms with Gasteiger partial charge in [-0.15, -0.1) is 12.4 Å². The van der Waals surface area contributed by atoms with E-state index in [0.717, 1.165) is 32.5 Å². The summed E-state index contributed by atoms with van der Waals surface area (Å²) < 4.78 is 11.2. The van der Waals surface area contributed by atoms with Crippen LogP contribution >= 0.6 is 12.4 Å².